The monoisotopic (exact) mass is 256 g/mol. The standard InChI is InChI=1S/C18H24O/c1-18(2,3)17-14-9-5-4-8-13(14)12-19-16-11-7-6-10-15(16)17/h4-5,8-9,17H,6-7,10-12H2,1-3H3. The highest BCUT2D eigenvalue weighted by atomic mass is 16.5. The Kier molecular flexibility index (Phi) is 3.16. The van der Waals surface area contributed by atoms with Gasteiger partial charge in [0.2, 0.25) is 0 Å². The fraction of sp³-hybridized carbons (Fsp3) is 0.556. The molecule has 3 rings (SSSR count). The first-order chi connectivity index (χ1) is 9.07. The van der Waals surface area contributed by atoms with E-state index in [-0.39, 0.29) is 5.41 Å². The Hall–Kier alpha value is -1.24. The van der Waals surface area contributed by atoms with E-state index >= 15 is 0 Å². The van der Waals surface area contributed by atoms with Crippen molar-refractivity contribution in [3.63, 3.8) is 0 Å². The summed E-state index contributed by atoms with van der Waals surface area (Å²) in [5.41, 5.74) is 4.68. The lowest BCUT2D eigenvalue weighted by molar-refractivity contribution is 0.178. The number of benzene rings is 1. The molecule has 0 amide bonds. The van der Waals surface area contributed by atoms with Crippen molar-refractivity contribution in [3.05, 3.63) is 46.7 Å². The lowest BCUT2D eigenvalue weighted by atomic mass is 9.69. The molecule has 0 fully saturated rings. The molecule has 0 saturated heterocycles. The van der Waals surface area contributed by atoms with Crippen molar-refractivity contribution in [2.24, 2.45) is 5.41 Å². The summed E-state index contributed by atoms with van der Waals surface area (Å²) in [6.07, 6.45) is 4.95. The summed E-state index contributed by atoms with van der Waals surface area (Å²) in [6.45, 7) is 7.83. The van der Waals surface area contributed by atoms with E-state index in [2.05, 4.69) is 45.0 Å². The largest absolute Gasteiger partial charge is 0.493 e. The molecule has 0 saturated carbocycles. The van der Waals surface area contributed by atoms with Crippen molar-refractivity contribution >= 4 is 0 Å². The van der Waals surface area contributed by atoms with Crippen LogP contribution >= 0.6 is 0 Å². The Balaban J connectivity index is 2.15. The van der Waals surface area contributed by atoms with E-state index in [9.17, 15) is 0 Å². The third kappa shape index (κ3) is 2.31. The van der Waals surface area contributed by atoms with Gasteiger partial charge in [0.15, 0.2) is 0 Å². The molecule has 1 aromatic rings. The van der Waals surface area contributed by atoms with Gasteiger partial charge in [0.1, 0.15) is 6.61 Å². The number of rotatable bonds is 0. The van der Waals surface area contributed by atoms with Crippen LogP contribution in [0.2, 0.25) is 0 Å². The van der Waals surface area contributed by atoms with Crippen LogP contribution in [0.25, 0.3) is 0 Å². The van der Waals surface area contributed by atoms with Gasteiger partial charge in [0.05, 0.1) is 5.76 Å². The Morgan fingerprint density at radius 1 is 1.05 bits per heavy atom. The van der Waals surface area contributed by atoms with Gasteiger partial charge in [-0.05, 0) is 41.4 Å². The average molecular weight is 256 g/mol. The van der Waals surface area contributed by atoms with Gasteiger partial charge in [-0.3, -0.25) is 0 Å². The zero-order valence-electron chi connectivity index (χ0n) is 12.3. The highest BCUT2D eigenvalue weighted by Gasteiger charge is 2.35. The van der Waals surface area contributed by atoms with Gasteiger partial charge < -0.3 is 4.74 Å². The summed E-state index contributed by atoms with van der Waals surface area (Å²) in [7, 11) is 0. The third-order valence-corrected chi connectivity index (χ3v) is 4.44. The molecule has 0 bridgehead atoms. The molecule has 1 heterocycles. The zero-order chi connectivity index (χ0) is 13.5. The molecular weight excluding hydrogens is 232 g/mol. The minimum Gasteiger partial charge on any atom is -0.493 e. The van der Waals surface area contributed by atoms with E-state index in [1.54, 1.807) is 5.57 Å². The number of hydrogen-bond acceptors (Lipinski definition) is 1. The maximum atomic E-state index is 6.14. The van der Waals surface area contributed by atoms with Crippen LogP contribution in [0, 0.1) is 5.41 Å². The first-order valence-electron chi connectivity index (χ1n) is 7.50. The molecule has 1 aliphatic heterocycles. The smallest absolute Gasteiger partial charge is 0.113 e. The van der Waals surface area contributed by atoms with Gasteiger partial charge in [-0.15, -0.1) is 0 Å². The molecule has 1 aliphatic carbocycles. The van der Waals surface area contributed by atoms with Crippen LogP contribution in [0.3, 0.4) is 0 Å². The molecule has 2 aliphatic rings. The van der Waals surface area contributed by atoms with Gasteiger partial charge >= 0.3 is 0 Å². The summed E-state index contributed by atoms with van der Waals surface area (Å²) in [6, 6.07) is 8.84. The Morgan fingerprint density at radius 2 is 1.79 bits per heavy atom. The topological polar surface area (TPSA) is 9.23 Å². The van der Waals surface area contributed by atoms with Crippen molar-refractivity contribution < 1.29 is 4.74 Å². The highest BCUT2D eigenvalue weighted by molar-refractivity contribution is 5.40. The Bertz CT molecular complexity index is 505. The van der Waals surface area contributed by atoms with E-state index in [4.69, 9.17) is 4.74 Å². The SMILES string of the molecule is CC(C)(C)C1C2=C(CCCC2)OCc2ccccc21. The van der Waals surface area contributed by atoms with Gasteiger partial charge in [-0.2, -0.15) is 0 Å². The van der Waals surface area contributed by atoms with Crippen molar-refractivity contribution in [3.8, 4) is 0 Å². The number of ether oxygens (including phenoxy) is 1. The molecule has 1 aromatic carbocycles. The van der Waals surface area contributed by atoms with Crippen molar-refractivity contribution in [2.45, 2.75) is 59.0 Å². The van der Waals surface area contributed by atoms with Gasteiger partial charge in [0.25, 0.3) is 0 Å². The van der Waals surface area contributed by atoms with Crippen molar-refractivity contribution in [2.75, 3.05) is 0 Å². The maximum Gasteiger partial charge on any atom is 0.113 e. The van der Waals surface area contributed by atoms with Crippen LogP contribution in [-0.2, 0) is 11.3 Å². The van der Waals surface area contributed by atoms with Crippen LogP contribution in [0.4, 0.5) is 0 Å². The molecule has 1 atom stereocenters. The summed E-state index contributed by atoms with van der Waals surface area (Å²) in [5.74, 6) is 1.81. The highest BCUT2D eigenvalue weighted by Crippen LogP contribution is 2.48. The fourth-order valence-electron chi connectivity index (χ4n) is 3.66. The molecule has 0 radical (unpaired) electrons. The van der Waals surface area contributed by atoms with Crippen LogP contribution < -0.4 is 0 Å². The van der Waals surface area contributed by atoms with Crippen molar-refractivity contribution in [1.29, 1.82) is 0 Å². The molecule has 1 nitrogen and oxygen atoms in total. The minimum absolute atomic E-state index is 0.252. The van der Waals surface area contributed by atoms with Gasteiger partial charge in [-0.25, -0.2) is 0 Å². The first-order valence-corrected chi connectivity index (χ1v) is 7.50. The molecule has 1 unspecified atom stereocenters. The van der Waals surface area contributed by atoms with Crippen molar-refractivity contribution in [1.82, 2.24) is 0 Å². The molecule has 1 heteroatoms. The second-order valence-electron chi connectivity index (χ2n) is 6.94. The lowest BCUT2D eigenvalue weighted by Crippen LogP contribution is -2.22. The lowest BCUT2D eigenvalue weighted by Gasteiger charge is -2.35. The summed E-state index contributed by atoms with van der Waals surface area (Å²) >= 11 is 0. The molecular formula is C18H24O. The molecule has 102 valence electrons. The quantitative estimate of drug-likeness (QED) is 0.622. The van der Waals surface area contributed by atoms with Crippen LogP contribution in [0.5, 0.6) is 0 Å². The van der Waals surface area contributed by atoms with Crippen LogP contribution in [-0.4, -0.2) is 0 Å². The van der Waals surface area contributed by atoms with Crippen LogP contribution in [0.15, 0.2) is 35.6 Å². The van der Waals surface area contributed by atoms with E-state index in [1.165, 1.54) is 36.1 Å². The zero-order valence-corrected chi connectivity index (χ0v) is 12.3. The predicted octanol–water partition coefficient (Wildman–Crippen LogP) is 5.17. The molecule has 0 spiro atoms. The summed E-state index contributed by atoms with van der Waals surface area (Å²) < 4.78 is 6.14. The van der Waals surface area contributed by atoms with Crippen LogP contribution in [0.1, 0.15) is 63.5 Å². The number of fused-ring (bicyclic) bond motifs is 1. The summed E-state index contributed by atoms with van der Waals surface area (Å²) in [4.78, 5) is 0. The normalized spacial score (nSPS) is 23.2. The Labute approximate surface area is 116 Å². The second-order valence-corrected chi connectivity index (χ2v) is 6.94. The Morgan fingerprint density at radius 3 is 2.58 bits per heavy atom. The molecule has 19 heavy (non-hydrogen) atoms. The average Bonchev–Trinajstić information content (AvgIpc) is 2.54. The van der Waals surface area contributed by atoms with E-state index in [0.717, 1.165) is 13.0 Å². The van der Waals surface area contributed by atoms with E-state index in [1.807, 2.05) is 0 Å². The summed E-state index contributed by atoms with van der Waals surface area (Å²) in [5, 5.41) is 0. The third-order valence-electron chi connectivity index (χ3n) is 4.44. The molecule has 0 aromatic heterocycles. The molecule has 0 N–H and O–H groups in total. The number of hydrogen-bond donors (Lipinski definition) is 0. The minimum atomic E-state index is 0.252. The number of allylic oxidation sites excluding steroid dienone is 2. The second kappa shape index (κ2) is 4.70. The van der Waals surface area contributed by atoms with Gasteiger partial charge in [-0.1, -0.05) is 45.0 Å². The van der Waals surface area contributed by atoms with E-state index < -0.39 is 0 Å². The predicted molar refractivity (Wildman–Crippen MR) is 78.9 cm³/mol. The van der Waals surface area contributed by atoms with Gasteiger partial charge in [0, 0.05) is 12.3 Å². The van der Waals surface area contributed by atoms with E-state index in [0.29, 0.717) is 5.92 Å². The fourth-order valence-corrected chi connectivity index (χ4v) is 3.66. The first kappa shape index (κ1) is 12.8. The maximum absolute atomic E-state index is 6.14.